The molecule has 0 aromatic heterocycles. The predicted molar refractivity (Wildman–Crippen MR) is 407 cm³/mol. The summed E-state index contributed by atoms with van der Waals surface area (Å²) >= 11 is 0. The highest BCUT2D eigenvalue weighted by Gasteiger charge is 2.02. The molecule has 0 unspecified atom stereocenters. The lowest BCUT2D eigenvalue weighted by atomic mass is 10.1. The Morgan fingerprint density at radius 2 is 0.447 bits per heavy atom. The third-order valence-electron chi connectivity index (χ3n) is 14.7. The topological polar surface area (TPSA) is 72.2 Å². The van der Waals surface area contributed by atoms with Crippen LogP contribution >= 0.6 is 0 Å². The third-order valence-corrected chi connectivity index (χ3v) is 14.7. The average molecular weight is 1220 g/mol. The molecule has 0 radical (unpaired) electrons. The number of hydrogen-bond acceptors (Lipinski definition) is 6. The van der Waals surface area contributed by atoms with E-state index in [0.29, 0.717) is 0 Å². The van der Waals surface area contributed by atoms with Gasteiger partial charge >= 0.3 is 0 Å². The summed E-state index contributed by atoms with van der Waals surface area (Å²) < 4.78 is 0. The van der Waals surface area contributed by atoms with E-state index in [9.17, 15) is 0 Å². The second-order valence-corrected chi connectivity index (χ2v) is 22.1. The van der Waals surface area contributed by atoms with E-state index in [1.807, 2.05) is 158 Å². The smallest absolute Gasteiger partial charge is 0.0463 e. The zero-order valence-corrected chi connectivity index (χ0v) is 53.1. The molecule has 6 N–H and O–H groups in total. The van der Waals surface area contributed by atoms with Crippen LogP contribution in [0.25, 0.3) is 32.7 Å². The molecule has 0 fully saturated rings. The molecule has 0 heterocycles. The van der Waals surface area contributed by atoms with Crippen LogP contribution < -0.4 is 31.9 Å². The molecule has 0 bridgehead atoms. The van der Waals surface area contributed by atoms with Gasteiger partial charge in [-0.05, 0) is 186 Å². The van der Waals surface area contributed by atoms with Crippen LogP contribution in [0, 0.1) is 13.8 Å². The molecule has 0 aliphatic carbocycles. The molecule has 15 aromatic rings. The van der Waals surface area contributed by atoms with Gasteiger partial charge in [-0.15, -0.1) is 0 Å². The number of benzene rings is 15. The van der Waals surface area contributed by atoms with Crippen molar-refractivity contribution in [1.29, 1.82) is 0 Å². The summed E-state index contributed by atoms with van der Waals surface area (Å²) in [5.41, 5.74) is 18.5. The van der Waals surface area contributed by atoms with E-state index in [0.717, 1.165) is 68.2 Å². The van der Waals surface area contributed by atoms with Crippen LogP contribution in [0.1, 0.15) is 11.1 Å². The SMILES string of the molecule is Cc1ccc(Nc2ccccc2)cc1.Cc1cccc(Nc2ccccc2)c1.c1ccc(Nc2ccc(-c3ccccc3)cc2)cc1.c1ccc(Nc2ccc3ccccc3c2)cc1.c1ccc(Nc2cccc3ccccc23)cc1.c1ccc(Nc2ccccc2)cc1. The molecule has 6 heteroatoms. The van der Waals surface area contributed by atoms with E-state index in [1.54, 1.807) is 0 Å². The van der Waals surface area contributed by atoms with E-state index in [2.05, 4.69) is 288 Å². The van der Waals surface area contributed by atoms with Crippen molar-refractivity contribution in [3.8, 4) is 11.1 Å². The lowest BCUT2D eigenvalue weighted by Crippen LogP contribution is -1.90. The molecule has 15 rings (SSSR count). The maximum absolute atomic E-state index is 3.45. The van der Waals surface area contributed by atoms with Gasteiger partial charge in [0.1, 0.15) is 0 Å². The maximum atomic E-state index is 3.45. The molecule has 0 aliphatic rings. The number of rotatable bonds is 13. The molecular formula is C88H78N6. The molecule has 0 spiro atoms. The van der Waals surface area contributed by atoms with Crippen LogP contribution in [-0.2, 0) is 0 Å². The van der Waals surface area contributed by atoms with Crippen LogP contribution in [0.15, 0.2) is 400 Å². The van der Waals surface area contributed by atoms with Crippen molar-refractivity contribution in [3.63, 3.8) is 0 Å². The minimum Gasteiger partial charge on any atom is -0.356 e. The van der Waals surface area contributed by atoms with E-state index in [1.165, 1.54) is 43.8 Å². The molecule has 0 atom stereocenters. The Balaban J connectivity index is 0.000000124. The summed E-state index contributed by atoms with van der Waals surface area (Å²) in [6, 6.07) is 136. The molecule has 0 saturated heterocycles. The zero-order chi connectivity index (χ0) is 64.5. The van der Waals surface area contributed by atoms with E-state index < -0.39 is 0 Å². The summed E-state index contributed by atoms with van der Waals surface area (Å²) in [7, 11) is 0. The van der Waals surface area contributed by atoms with Crippen molar-refractivity contribution in [2.45, 2.75) is 13.8 Å². The van der Waals surface area contributed by atoms with Crippen molar-refractivity contribution < 1.29 is 0 Å². The first-order chi connectivity index (χ1) is 46.4. The van der Waals surface area contributed by atoms with Gasteiger partial charge in [0.2, 0.25) is 0 Å². The number of aryl methyl sites for hydroxylation is 2. The summed E-state index contributed by atoms with van der Waals surface area (Å²) in [5, 5.41) is 25.2. The van der Waals surface area contributed by atoms with Gasteiger partial charge in [-0.25, -0.2) is 0 Å². The van der Waals surface area contributed by atoms with Gasteiger partial charge in [-0.1, -0.05) is 266 Å². The largest absolute Gasteiger partial charge is 0.356 e. The third kappa shape index (κ3) is 21.7. The minimum absolute atomic E-state index is 1.10. The maximum Gasteiger partial charge on any atom is 0.0463 e. The molecule has 460 valence electrons. The van der Waals surface area contributed by atoms with Crippen molar-refractivity contribution in [2.24, 2.45) is 0 Å². The Hall–Kier alpha value is -12.4. The quantitative estimate of drug-likeness (QED) is 0.0691. The van der Waals surface area contributed by atoms with Crippen molar-refractivity contribution in [3.05, 3.63) is 412 Å². The summed E-state index contributed by atoms with van der Waals surface area (Å²) in [4.78, 5) is 0. The molecule has 94 heavy (non-hydrogen) atoms. The number of fused-ring (bicyclic) bond motifs is 2. The van der Waals surface area contributed by atoms with Gasteiger partial charge in [0, 0.05) is 73.6 Å². The number of anilines is 12. The number of hydrogen-bond donors (Lipinski definition) is 6. The standard InChI is InChI=1S/C18H15N.2C16H13N.2C13H13N.C12H11N/c1-3-7-15(8-4-1)16-11-13-18(14-12-16)19-17-9-5-2-6-10-17;1-2-9-14(10-3-1)17-16-12-6-8-13-7-4-5-11-15(13)16;1-2-8-15(9-3-1)17-16-11-10-13-6-4-5-7-14(13)12-16;1-11-6-5-9-13(10-11)14-12-7-3-2-4-8-12;1-11-7-9-13(10-8-11)14-12-5-3-2-4-6-12;1-3-7-11(8-4-1)13-12-9-5-2-6-10-12/h1-14,19H;2*1-12,17H;2*2-10,14H,1H3;1-10,13H. The van der Waals surface area contributed by atoms with Gasteiger partial charge in [-0.3, -0.25) is 0 Å². The Morgan fingerprint density at radius 3 is 0.883 bits per heavy atom. The fraction of sp³-hybridized carbons (Fsp3) is 0.0227. The lowest BCUT2D eigenvalue weighted by molar-refractivity contribution is 1.45. The van der Waals surface area contributed by atoms with E-state index in [4.69, 9.17) is 0 Å². The Labute approximate surface area is 555 Å². The summed E-state index contributed by atoms with van der Waals surface area (Å²) in [5.74, 6) is 0. The van der Waals surface area contributed by atoms with E-state index >= 15 is 0 Å². The second kappa shape index (κ2) is 35.7. The highest BCUT2D eigenvalue weighted by molar-refractivity contribution is 5.95. The molecule has 0 aliphatic heterocycles. The highest BCUT2D eigenvalue weighted by atomic mass is 14.9. The molecular weight excluding hydrogens is 1140 g/mol. The molecule has 0 saturated carbocycles. The Morgan fingerprint density at radius 1 is 0.160 bits per heavy atom. The first kappa shape index (κ1) is 64.6. The van der Waals surface area contributed by atoms with Gasteiger partial charge in [-0.2, -0.15) is 0 Å². The zero-order valence-electron chi connectivity index (χ0n) is 53.1. The number of nitrogens with one attached hydrogen (secondary N) is 6. The summed E-state index contributed by atoms with van der Waals surface area (Å²) in [6.45, 7) is 4.18. The lowest BCUT2D eigenvalue weighted by Gasteiger charge is -2.09. The predicted octanol–water partition coefficient (Wildman–Crippen LogP) is 25.2. The van der Waals surface area contributed by atoms with Gasteiger partial charge < -0.3 is 31.9 Å². The molecule has 6 nitrogen and oxygen atoms in total. The Kier molecular flexibility index (Phi) is 24.5. The van der Waals surface area contributed by atoms with Crippen LogP contribution in [0.5, 0.6) is 0 Å². The monoisotopic (exact) mass is 1220 g/mol. The van der Waals surface area contributed by atoms with Crippen LogP contribution in [0.2, 0.25) is 0 Å². The second-order valence-electron chi connectivity index (χ2n) is 22.1. The van der Waals surface area contributed by atoms with Crippen molar-refractivity contribution in [2.75, 3.05) is 31.9 Å². The first-order valence-corrected chi connectivity index (χ1v) is 31.6. The summed E-state index contributed by atoms with van der Waals surface area (Å²) in [6.07, 6.45) is 0. The Bertz CT molecular complexity index is 4510. The minimum atomic E-state index is 1.10. The van der Waals surface area contributed by atoms with Crippen molar-refractivity contribution in [1.82, 2.24) is 0 Å². The highest BCUT2D eigenvalue weighted by Crippen LogP contribution is 2.28. The van der Waals surface area contributed by atoms with Gasteiger partial charge in [0.15, 0.2) is 0 Å². The normalized spacial score (nSPS) is 10.0. The van der Waals surface area contributed by atoms with Crippen LogP contribution in [-0.4, -0.2) is 0 Å². The van der Waals surface area contributed by atoms with Gasteiger partial charge in [0.05, 0.1) is 0 Å². The average Bonchev–Trinajstić information content (AvgIpc) is 1.14. The first-order valence-electron chi connectivity index (χ1n) is 31.6. The van der Waals surface area contributed by atoms with E-state index in [-0.39, 0.29) is 0 Å². The fourth-order valence-corrected chi connectivity index (χ4v) is 9.98. The number of para-hydroxylation sites is 7. The van der Waals surface area contributed by atoms with Gasteiger partial charge in [0.25, 0.3) is 0 Å². The van der Waals surface area contributed by atoms with Crippen LogP contribution in [0.3, 0.4) is 0 Å². The molecule has 0 amide bonds. The van der Waals surface area contributed by atoms with Crippen LogP contribution in [0.4, 0.5) is 68.2 Å². The van der Waals surface area contributed by atoms with Crippen molar-refractivity contribution >= 4 is 89.8 Å². The fourth-order valence-electron chi connectivity index (χ4n) is 9.98. The molecule has 15 aromatic carbocycles.